The molecule has 102 valence electrons. The lowest BCUT2D eigenvalue weighted by Gasteiger charge is -2.26. The second-order valence-corrected chi connectivity index (χ2v) is 5.83. The second-order valence-electron chi connectivity index (χ2n) is 5.83. The highest BCUT2D eigenvalue weighted by Crippen LogP contribution is 2.29. The van der Waals surface area contributed by atoms with Crippen LogP contribution < -0.4 is 5.32 Å². The monoisotopic (exact) mass is 255 g/mol. The molecule has 0 aliphatic rings. The number of rotatable bonds is 6. The van der Waals surface area contributed by atoms with E-state index >= 15 is 0 Å². The second kappa shape index (κ2) is 6.28. The van der Waals surface area contributed by atoms with Gasteiger partial charge in [-0.15, -0.1) is 0 Å². The summed E-state index contributed by atoms with van der Waals surface area (Å²) in [5.41, 5.74) is 0.0877. The first-order valence-corrected chi connectivity index (χ1v) is 6.50. The quantitative estimate of drug-likeness (QED) is 0.761. The standard InChI is InChI=1S/C15H23F2N/c1-11(2)10-18-9-8-15(3,4)12-6-5-7-13(16)14(12)17/h5-7,11,18H,8-10H2,1-4H3. The first-order chi connectivity index (χ1) is 8.34. The number of hydrogen-bond acceptors (Lipinski definition) is 1. The average molecular weight is 255 g/mol. The van der Waals surface area contributed by atoms with Crippen LogP contribution in [0.4, 0.5) is 8.78 Å². The zero-order chi connectivity index (χ0) is 13.8. The molecule has 0 saturated heterocycles. The molecule has 0 aliphatic carbocycles. The Morgan fingerprint density at radius 3 is 2.50 bits per heavy atom. The molecule has 0 radical (unpaired) electrons. The maximum atomic E-state index is 13.7. The molecule has 0 spiro atoms. The Hall–Kier alpha value is -0.960. The first-order valence-electron chi connectivity index (χ1n) is 6.50. The Morgan fingerprint density at radius 2 is 1.89 bits per heavy atom. The van der Waals surface area contributed by atoms with Gasteiger partial charge in [-0.2, -0.15) is 0 Å². The van der Waals surface area contributed by atoms with Crippen LogP contribution in [0.25, 0.3) is 0 Å². The fourth-order valence-corrected chi connectivity index (χ4v) is 1.95. The maximum Gasteiger partial charge on any atom is 0.162 e. The summed E-state index contributed by atoms with van der Waals surface area (Å²) in [7, 11) is 0. The van der Waals surface area contributed by atoms with Crippen LogP contribution in [0.5, 0.6) is 0 Å². The van der Waals surface area contributed by atoms with Gasteiger partial charge in [0.05, 0.1) is 0 Å². The number of hydrogen-bond donors (Lipinski definition) is 1. The molecule has 0 aliphatic heterocycles. The molecule has 1 rings (SSSR count). The van der Waals surface area contributed by atoms with Crippen LogP contribution in [0.15, 0.2) is 18.2 Å². The zero-order valence-electron chi connectivity index (χ0n) is 11.7. The minimum absolute atomic E-state index is 0.365. The lowest BCUT2D eigenvalue weighted by atomic mass is 9.81. The Balaban J connectivity index is 2.65. The summed E-state index contributed by atoms with van der Waals surface area (Å²) in [5, 5.41) is 3.33. The first kappa shape index (κ1) is 15.1. The fourth-order valence-electron chi connectivity index (χ4n) is 1.95. The van der Waals surface area contributed by atoms with Gasteiger partial charge in [0.2, 0.25) is 0 Å². The molecule has 0 unspecified atom stereocenters. The summed E-state index contributed by atoms with van der Waals surface area (Å²) in [6.07, 6.45) is 0.778. The van der Waals surface area contributed by atoms with Gasteiger partial charge in [0, 0.05) is 0 Å². The summed E-state index contributed by atoms with van der Waals surface area (Å²) in [6, 6.07) is 4.39. The molecule has 0 aromatic heterocycles. The van der Waals surface area contributed by atoms with Gasteiger partial charge < -0.3 is 5.32 Å². The van der Waals surface area contributed by atoms with Crippen molar-refractivity contribution < 1.29 is 8.78 Å². The summed E-state index contributed by atoms with van der Waals surface area (Å²) in [5.74, 6) is -0.888. The molecule has 1 nitrogen and oxygen atoms in total. The molecule has 0 bridgehead atoms. The third kappa shape index (κ3) is 4.05. The summed E-state index contributed by atoms with van der Waals surface area (Å²) < 4.78 is 27.0. The van der Waals surface area contributed by atoms with Gasteiger partial charge in [0.1, 0.15) is 0 Å². The zero-order valence-corrected chi connectivity index (χ0v) is 11.7. The van der Waals surface area contributed by atoms with Gasteiger partial charge in [-0.25, -0.2) is 8.78 Å². The molecule has 18 heavy (non-hydrogen) atoms. The average Bonchev–Trinajstić information content (AvgIpc) is 2.28. The minimum atomic E-state index is -0.768. The van der Waals surface area contributed by atoms with Gasteiger partial charge in [-0.1, -0.05) is 39.8 Å². The van der Waals surface area contributed by atoms with Crippen molar-refractivity contribution in [3.8, 4) is 0 Å². The predicted molar refractivity (Wildman–Crippen MR) is 71.7 cm³/mol. The van der Waals surface area contributed by atoms with Crippen molar-refractivity contribution in [1.82, 2.24) is 5.32 Å². The van der Waals surface area contributed by atoms with Gasteiger partial charge in [-0.05, 0) is 42.5 Å². The van der Waals surface area contributed by atoms with E-state index in [0.29, 0.717) is 11.5 Å². The van der Waals surface area contributed by atoms with Crippen molar-refractivity contribution >= 4 is 0 Å². The molecular formula is C15H23F2N. The van der Waals surface area contributed by atoms with Gasteiger partial charge in [0.15, 0.2) is 11.6 Å². The molecular weight excluding hydrogens is 232 g/mol. The maximum absolute atomic E-state index is 13.7. The van der Waals surface area contributed by atoms with Crippen molar-refractivity contribution in [2.75, 3.05) is 13.1 Å². The van der Waals surface area contributed by atoms with Crippen molar-refractivity contribution in [3.05, 3.63) is 35.4 Å². The largest absolute Gasteiger partial charge is 0.316 e. The Labute approximate surface area is 109 Å². The molecule has 1 aromatic rings. The predicted octanol–water partition coefficient (Wildman–Crippen LogP) is 3.88. The Morgan fingerprint density at radius 1 is 1.22 bits per heavy atom. The van der Waals surface area contributed by atoms with E-state index < -0.39 is 11.6 Å². The Bertz CT molecular complexity index is 386. The van der Waals surface area contributed by atoms with E-state index in [2.05, 4.69) is 19.2 Å². The molecule has 0 amide bonds. The molecule has 0 saturated carbocycles. The molecule has 3 heteroatoms. The highest BCUT2D eigenvalue weighted by atomic mass is 19.2. The summed E-state index contributed by atoms with van der Waals surface area (Å²) in [4.78, 5) is 0. The molecule has 0 atom stereocenters. The third-order valence-electron chi connectivity index (χ3n) is 3.16. The summed E-state index contributed by atoms with van der Waals surface area (Å²) in [6.45, 7) is 9.93. The van der Waals surface area contributed by atoms with Gasteiger partial charge in [-0.3, -0.25) is 0 Å². The lowest BCUT2D eigenvalue weighted by Crippen LogP contribution is -2.28. The molecule has 0 heterocycles. The van der Waals surface area contributed by atoms with E-state index in [1.165, 1.54) is 0 Å². The fraction of sp³-hybridized carbons (Fsp3) is 0.600. The van der Waals surface area contributed by atoms with E-state index in [-0.39, 0.29) is 5.41 Å². The molecule has 1 aromatic carbocycles. The van der Waals surface area contributed by atoms with E-state index in [1.54, 1.807) is 12.1 Å². The Kier molecular flexibility index (Phi) is 5.27. The van der Waals surface area contributed by atoms with E-state index in [0.717, 1.165) is 25.6 Å². The van der Waals surface area contributed by atoms with Crippen LogP contribution in [0.3, 0.4) is 0 Å². The minimum Gasteiger partial charge on any atom is -0.316 e. The van der Waals surface area contributed by atoms with Crippen molar-refractivity contribution in [2.45, 2.75) is 39.5 Å². The highest BCUT2D eigenvalue weighted by Gasteiger charge is 2.25. The number of halogens is 2. The molecule has 1 N–H and O–H groups in total. The third-order valence-corrected chi connectivity index (χ3v) is 3.16. The van der Waals surface area contributed by atoms with Gasteiger partial charge >= 0.3 is 0 Å². The van der Waals surface area contributed by atoms with E-state index in [9.17, 15) is 8.78 Å². The molecule has 0 fully saturated rings. The van der Waals surface area contributed by atoms with Crippen LogP contribution >= 0.6 is 0 Å². The number of nitrogens with one attached hydrogen (secondary N) is 1. The number of benzene rings is 1. The van der Waals surface area contributed by atoms with Crippen LogP contribution in [-0.2, 0) is 5.41 Å². The summed E-state index contributed by atoms with van der Waals surface area (Å²) >= 11 is 0. The lowest BCUT2D eigenvalue weighted by molar-refractivity contribution is 0.409. The van der Waals surface area contributed by atoms with Crippen LogP contribution in [-0.4, -0.2) is 13.1 Å². The van der Waals surface area contributed by atoms with Crippen molar-refractivity contribution in [3.63, 3.8) is 0 Å². The topological polar surface area (TPSA) is 12.0 Å². The SMILES string of the molecule is CC(C)CNCCC(C)(C)c1cccc(F)c1F. The van der Waals surface area contributed by atoms with E-state index in [4.69, 9.17) is 0 Å². The van der Waals surface area contributed by atoms with Crippen LogP contribution in [0.1, 0.15) is 39.7 Å². The van der Waals surface area contributed by atoms with Crippen LogP contribution in [0.2, 0.25) is 0 Å². The highest BCUT2D eigenvalue weighted by molar-refractivity contribution is 5.26. The smallest absolute Gasteiger partial charge is 0.162 e. The van der Waals surface area contributed by atoms with Crippen molar-refractivity contribution in [2.24, 2.45) is 5.92 Å². The normalized spacial score (nSPS) is 12.2. The van der Waals surface area contributed by atoms with Gasteiger partial charge in [0.25, 0.3) is 0 Å². The van der Waals surface area contributed by atoms with E-state index in [1.807, 2.05) is 13.8 Å². The van der Waals surface area contributed by atoms with Crippen LogP contribution in [0, 0.1) is 17.6 Å². The van der Waals surface area contributed by atoms with Crippen molar-refractivity contribution in [1.29, 1.82) is 0 Å².